The molecule has 4 nitrogen and oxygen atoms in total. The maximum Gasteiger partial charge on any atom is 0.142 e. The monoisotopic (exact) mass is 398 g/mol. The number of carbonyl (C=O) groups excluding carboxylic acids is 1. The highest BCUT2D eigenvalue weighted by Crippen LogP contribution is 2.66. The highest BCUT2D eigenvalue weighted by atomic mass is 16.6. The van der Waals surface area contributed by atoms with Crippen LogP contribution in [-0.4, -0.2) is 23.6 Å². The van der Waals surface area contributed by atoms with Gasteiger partial charge in [0.1, 0.15) is 11.9 Å². The van der Waals surface area contributed by atoms with E-state index in [-0.39, 0.29) is 17.6 Å². The number of nitrogens with zero attached hydrogens (tertiary/aromatic N) is 1. The lowest BCUT2D eigenvalue weighted by Gasteiger charge is -2.60. The molecular formula is C25H38N2O2. The Labute approximate surface area is 175 Å². The zero-order chi connectivity index (χ0) is 20.4. The van der Waals surface area contributed by atoms with Crippen LogP contribution in [0, 0.1) is 34.5 Å². The van der Waals surface area contributed by atoms with Gasteiger partial charge in [-0.25, -0.2) is 0 Å². The molecule has 3 unspecified atom stereocenters. The number of ketones is 1. The first-order valence-electron chi connectivity index (χ1n) is 12.0. The first-order chi connectivity index (χ1) is 13.8. The molecule has 8 atom stereocenters. The van der Waals surface area contributed by atoms with Gasteiger partial charge in [-0.15, -0.1) is 0 Å². The van der Waals surface area contributed by atoms with Gasteiger partial charge in [0, 0.05) is 17.9 Å². The Morgan fingerprint density at radius 3 is 2.66 bits per heavy atom. The smallest absolute Gasteiger partial charge is 0.142 e. The number of oxime groups is 1. The second kappa shape index (κ2) is 6.93. The quantitative estimate of drug-likeness (QED) is 0.525. The fourth-order valence-electron chi connectivity index (χ4n) is 8.02. The third kappa shape index (κ3) is 2.96. The van der Waals surface area contributed by atoms with Crippen molar-refractivity contribution in [2.24, 2.45) is 45.4 Å². The van der Waals surface area contributed by atoms with Gasteiger partial charge in [-0.05, 0) is 93.3 Å². The van der Waals surface area contributed by atoms with Crippen LogP contribution in [0.1, 0.15) is 84.5 Å². The molecule has 0 aromatic carbocycles. The number of carbonyl (C=O) groups is 1. The van der Waals surface area contributed by atoms with Gasteiger partial charge in [0.2, 0.25) is 0 Å². The summed E-state index contributed by atoms with van der Waals surface area (Å²) in [6.45, 7) is 9.37. The van der Waals surface area contributed by atoms with E-state index in [0.717, 1.165) is 57.8 Å². The Morgan fingerprint density at radius 2 is 1.90 bits per heavy atom. The lowest BCUT2D eigenvalue weighted by molar-refractivity contribution is -0.133. The summed E-state index contributed by atoms with van der Waals surface area (Å²) >= 11 is 0. The van der Waals surface area contributed by atoms with E-state index in [1.54, 1.807) is 0 Å². The molecule has 0 aromatic rings. The second-order valence-electron chi connectivity index (χ2n) is 11.3. The highest BCUT2D eigenvalue weighted by molar-refractivity contribution is 5.87. The van der Waals surface area contributed by atoms with Gasteiger partial charge < -0.3 is 10.6 Å². The maximum atomic E-state index is 12.7. The first kappa shape index (κ1) is 19.8. The number of allylic oxidation sites excluding steroid dienone is 1. The molecule has 4 heteroatoms. The zero-order valence-corrected chi connectivity index (χ0v) is 18.3. The van der Waals surface area contributed by atoms with Crippen molar-refractivity contribution >= 4 is 11.5 Å². The lowest BCUT2D eigenvalue weighted by Crippen LogP contribution is -2.54. The molecule has 5 fully saturated rings. The summed E-state index contributed by atoms with van der Waals surface area (Å²) in [5.74, 6) is 2.89. The van der Waals surface area contributed by atoms with E-state index in [1.165, 1.54) is 24.1 Å². The van der Waals surface area contributed by atoms with Crippen molar-refractivity contribution in [3.8, 4) is 0 Å². The fourth-order valence-corrected chi connectivity index (χ4v) is 8.02. The van der Waals surface area contributed by atoms with Crippen LogP contribution in [0.15, 0.2) is 17.3 Å². The third-order valence-electron chi connectivity index (χ3n) is 9.99. The van der Waals surface area contributed by atoms with Crippen LogP contribution in [0.5, 0.6) is 0 Å². The van der Waals surface area contributed by atoms with E-state index < -0.39 is 0 Å². The number of hydrogen-bond donors (Lipinski definition) is 1. The standard InChI is InChI=1S/C25H38N2O2/c1-15-13-16-14-17(27-29-21-6-4-5-20(21)26)9-11-24(16,2)19-10-12-25(3)18(23(15)19)7-8-22(25)28/h16,18-21,23H,1,4-14,26H2,2-3H3/t16?,18-,19-,20?,21?,23-,24-,25-/m0/s1. The third-order valence-corrected chi connectivity index (χ3v) is 9.99. The summed E-state index contributed by atoms with van der Waals surface area (Å²) in [7, 11) is 0. The van der Waals surface area contributed by atoms with E-state index in [0.29, 0.717) is 34.9 Å². The Morgan fingerprint density at radius 1 is 1.07 bits per heavy atom. The molecular weight excluding hydrogens is 360 g/mol. The number of Topliss-reactive ketones (excluding diaryl/α,β-unsaturated/α-hetero) is 1. The summed E-state index contributed by atoms with van der Waals surface area (Å²) in [5, 5.41) is 4.60. The van der Waals surface area contributed by atoms with E-state index in [9.17, 15) is 4.79 Å². The number of nitrogens with two attached hydrogens (primary N) is 1. The number of rotatable bonds is 2. The Hall–Kier alpha value is -1.16. The second-order valence-corrected chi connectivity index (χ2v) is 11.3. The molecule has 0 aromatic heterocycles. The van der Waals surface area contributed by atoms with Crippen LogP contribution in [-0.2, 0) is 9.63 Å². The van der Waals surface area contributed by atoms with Crippen molar-refractivity contribution in [3.63, 3.8) is 0 Å². The van der Waals surface area contributed by atoms with Gasteiger partial charge in [-0.1, -0.05) is 31.2 Å². The molecule has 0 spiro atoms. The van der Waals surface area contributed by atoms with Crippen LogP contribution >= 0.6 is 0 Å². The minimum Gasteiger partial charge on any atom is -0.391 e. The fraction of sp³-hybridized carbons (Fsp3) is 0.840. The van der Waals surface area contributed by atoms with Crippen molar-refractivity contribution in [2.75, 3.05) is 0 Å². The van der Waals surface area contributed by atoms with Crippen molar-refractivity contribution in [1.29, 1.82) is 0 Å². The molecule has 2 N–H and O–H groups in total. The van der Waals surface area contributed by atoms with E-state index >= 15 is 0 Å². The molecule has 0 amide bonds. The summed E-state index contributed by atoms with van der Waals surface area (Å²) in [4.78, 5) is 18.5. The lowest BCUT2D eigenvalue weighted by atomic mass is 9.44. The van der Waals surface area contributed by atoms with Crippen molar-refractivity contribution in [3.05, 3.63) is 12.2 Å². The Balaban J connectivity index is 1.34. The minimum atomic E-state index is -0.0809. The maximum absolute atomic E-state index is 12.7. The molecule has 0 saturated heterocycles. The predicted molar refractivity (Wildman–Crippen MR) is 115 cm³/mol. The van der Waals surface area contributed by atoms with Crippen LogP contribution < -0.4 is 5.73 Å². The van der Waals surface area contributed by atoms with Crippen LogP contribution in [0.3, 0.4) is 0 Å². The summed E-state index contributed by atoms with van der Waals surface area (Å²) in [6, 6.07) is 0.147. The van der Waals surface area contributed by atoms with Crippen molar-refractivity contribution in [2.45, 2.75) is 96.6 Å². The van der Waals surface area contributed by atoms with Crippen LogP contribution in [0.25, 0.3) is 0 Å². The molecule has 29 heavy (non-hydrogen) atoms. The molecule has 0 heterocycles. The average Bonchev–Trinajstić information content (AvgIpc) is 3.24. The number of hydrogen-bond acceptors (Lipinski definition) is 4. The molecule has 0 bridgehead atoms. The molecule has 5 aliphatic carbocycles. The van der Waals surface area contributed by atoms with Gasteiger partial charge in [-0.2, -0.15) is 0 Å². The normalized spacial score (nSPS) is 50.9. The van der Waals surface area contributed by atoms with E-state index in [4.69, 9.17) is 10.6 Å². The molecule has 160 valence electrons. The Bertz CT molecular complexity index is 745. The van der Waals surface area contributed by atoms with Gasteiger partial charge in [0.05, 0.1) is 5.71 Å². The molecule has 0 radical (unpaired) electrons. The van der Waals surface area contributed by atoms with Crippen LogP contribution in [0.2, 0.25) is 0 Å². The van der Waals surface area contributed by atoms with Crippen molar-refractivity contribution < 1.29 is 9.63 Å². The van der Waals surface area contributed by atoms with E-state index in [1.807, 2.05) is 0 Å². The minimum absolute atomic E-state index is 0.0809. The van der Waals surface area contributed by atoms with Crippen molar-refractivity contribution in [1.82, 2.24) is 0 Å². The summed E-state index contributed by atoms with van der Waals surface area (Å²) < 4.78 is 0. The largest absolute Gasteiger partial charge is 0.391 e. The topological polar surface area (TPSA) is 64.7 Å². The van der Waals surface area contributed by atoms with Gasteiger partial charge in [0.15, 0.2) is 0 Å². The molecule has 5 rings (SSSR count). The van der Waals surface area contributed by atoms with Gasteiger partial charge >= 0.3 is 0 Å². The predicted octanol–water partition coefficient (Wildman–Crippen LogP) is 5.02. The summed E-state index contributed by atoms with van der Waals surface area (Å²) in [6.07, 6.45) is 11.9. The van der Waals surface area contributed by atoms with Gasteiger partial charge in [0.25, 0.3) is 0 Å². The average molecular weight is 399 g/mol. The Kier molecular flexibility index (Phi) is 4.73. The van der Waals surface area contributed by atoms with Gasteiger partial charge in [-0.3, -0.25) is 4.79 Å². The highest BCUT2D eigenvalue weighted by Gasteiger charge is 2.61. The van der Waals surface area contributed by atoms with E-state index in [2.05, 4.69) is 25.6 Å². The summed E-state index contributed by atoms with van der Waals surface area (Å²) in [5.41, 5.74) is 9.06. The molecule has 0 aliphatic heterocycles. The molecule has 5 saturated carbocycles. The van der Waals surface area contributed by atoms with Crippen LogP contribution in [0.4, 0.5) is 0 Å². The SMILES string of the molecule is C=C1CC2CC(=NOC3CCCC3N)CC[C@]2(C)[C@H]2CC[C@]3(C)C(=O)CC[C@H]3[C@H]12. The number of fused-ring (bicyclic) bond motifs is 5. The molecule has 5 aliphatic rings. The zero-order valence-electron chi connectivity index (χ0n) is 18.3. The first-order valence-corrected chi connectivity index (χ1v) is 12.0.